The molecule has 0 fully saturated rings. The monoisotopic (exact) mass is 605 g/mol. The van der Waals surface area contributed by atoms with Crippen LogP contribution in [0.4, 0.5) is 4.79 Å². The number of fused-ring (bicyclic) bond motifs is 1. The molecule has 4 N–H and O–H groups in total. The van der Waals surface area contributed by atoms with Gasteiger partial charge in [0.1, 0.15) is 18.7 Å². The minimum absolute atomic E-state index is 0. The molecule has 11 heteroatoms. The van der Waals surface area contributed by atoms with Crippen molar-refractivity contribution < 1.29 is 46.0 Å². The van der Waals surface area contributed by atoms with Gasteiger partial charge < -0.3 is 42.4 Å². The van der Waals surface area contributed by atoms with E-state index in [0.717, 1.165) is 22.0 Å². The lowest BCUT2D eigenvalue weighted by molar-refractivity contribution is -0.142. The second-order valence-electron chi connectivity index (χ2n) is 8.93. The number of aliphatic carboxylic acids is 1. The van der Waals surface area contributed by atoms with Crippen LogP contribution >= 0.6 is 0 Å². The van der Waals surface area contributed by atoms with Crippen LogP contribution in [0.3, 0.4) is 0 Å². The van der Waals surface area contributed by atoms with Crippen molar-refractivity contribution in [1.29, 1.82) is 0 Å². The summed E-state index contributed by atoms with van der Waals surface area (Å²) < 4.78 is 5.29. The summed E-state index contributed by atoms with van der Waals surface area (Å²) >= 11 is 0. The number of alkyl carbamates (subject to hydrolysis) is 1. The van der Waals surface area contributed by atoms with Crippen LogP contribution in [0.5, 0.6) is 0 Å². The Hall–Kier alpha value is -3.31. The Morgan fingerprint density at radius 2 is 1.66 bits per heavy atom. The molecule has 1 aromatic heterocycles. The van der Waals surface area contributed by atoms with Gasteiger partial charge in [-0.3, -0.25) is 9.59 Å². The molecule has 0 radical (unpaired) electrons. The van der Waals surface area contributed by atoms with Gasteiger partial charge in [-0.2, -0.15) is 0 Å². The maximum Gasteiger partial charge on any atom is 0.408 e. The molecule has 1 heterocycles. The first-order chi connectivity index (χ1) is 17.7. The summed E-state index contributed by atoms with van der Waals surface area (Å²) in [4.78, 5) is 52.8. The predicted octanol–water partition coefficient (Wildman–Crippen LogP) is -0.194. The first kappa shape index (κ1) is 30.9. The SMILES string of the molecule is C[S+](C)CC(=O)CC[C@H](NC(=O)[C@H](Cc1c[nH]c2ccccc12)NC(=O)OCc1ccccc1)C(=O)O.[Br-]. The van der Waals surface area contributed by atoms with Gasteiger partial charge >= 0.3 is 12.1 Å². The van der Waals surface area contributed by atoms with Crippen LogP contribution in [0.2, 0.25) is 0 Å². The number of H-pyrrole nitrogens is 1. The van der Waals surface area contributed by atoms with Crippen LogP contribution in [0.25, 0.3) is 10.9 Å². The van der Waals surface area contributed by atoms with E-state index >= 15 is 0 Å². The Kier molecular flexibility index (Phi) is 12.4. The second-order valence-corrected chi connectivity index (χ2v) is 11.2. The number of amides is 2. The van der Waals surface area contributed by atoms with E-state index < -0.39 is 30.1 Å². The molecule has 38 heavy (non-hydrogen) atoms. The van der Waals surface area contributed by atoms with Gasteiger partial charge in [0.2, 0.25) is 5.91 Å². The predicted molar refractivity (Wildman–Crippen MR) is 143 cm³/mol. The number of carboxylic acids is 1. The highest BCUT2D eigenvalue weighted by molar-refractivity contribution is 7.96. The van der Waals surface area contributed by atoms with Crippen LogP contribution in [0.15, 0.2) is 60.8 Å². The molecule has 0 saturated carbocycles. The van der Waals surface area contributed by atoms with E-state index in [1.54, 1.807) is 6.20 Å². The Balaban J connectivity index is 0.00000507. The van der Waals surface area contributed by atoms with Crippen LogP contribution in [-0.4, -0.2) is 64.2 Å². The van der Waals surface area contributed by atoms with E-state index in [0.29, 0.717) is 5.75 Å². The van der Waals surface area contributed by atoms with Gasteiger partial charge in [0.15, 0.2) is 11.5 Å². The number of carbonyl (C=O) groups excluding carboxylic acids is 3. The van der Waals surface area contributed by atoms with Crippen molar-refractivity contribution in [3.05, 3.63) is 71.9 Å². The molecule has 2 atom stereocenters. The van der Waals surface area contributed by atoms with Gasteiger partial charge in [0.05, 0.1) is 12.5 Å². The van der Waals surface area contributed by atoms with E-state index in [1.165, 1.54) is 0 Å². The Labute approximate surface area is 234 Å². The average Bonchev–Trinajstić information content (AvgIpc) is 3.27. The van der Waals surface area contributed by atoms with E-state index in [9.17, 15) is 24.3 Å². The van der Waals surface area contributed by atoms with Crippen molar-refractivity contribution in [3.8, 4) is 0 Å². The fraction of sp³-hybridized carbons (Fsp3) is 0.333. The van der Waals surface area contributed by atoms with Crippen molar-refractivity contribution in [2.24, 2.45) is 0 Å². The number of carboxylic acid groups (broad SMARTS) is 1. The van der Waals surface area contributed by atoms with Gasteiger partial charge in [-0.25, -0.2) is 9.59 Å². The summed E-state index contributed by atoms with van der Waals surface area (Å²) in [6, 6.07) is 14.3. The molecule has 0 aliphatic carbocycles. The lowest BCUT2D eigenvalue weighted by atomic mass is 10.0. The van der Waals surface area contributed by atoms with Crippen molar-refractivity contribution in [2.45, 2.75) is 38.0 Å². The van der Waals surface area contributed by atoms with Gasteiger partial charge in [-0.1, -0.05) is 48.5 Å². The number of para-hydroxylation sites is 1. The number of carbonyl (C=O) groups is 4. The maximum atomic E-state index is 13.2. The summed E-state index contributed by atoms with van der Waals surface area (Å²) in [6.07, 6.45) is 4.94. The van der Waals surface area contributed by atoms with Crippen LogP contribution in [0.1, 0.15) is 24.0 Å². The molecule has 3 rings (SSSR count). The number of nitrogens with one attached hydrogen (secondary N) is 3. The highest BCUT2D eigenvalue weighted by Gasteiger charge is 2.28. The number of ketones is 1. The minimum Gasteiger partial charge on any atom is -1.00 e. The van der Waals surface area contributed by atoms with Gasteiger partial charge in [0.25, 0.3) is 0 Å². The average molecular weight is 607 g/mol. The molecule has 0 spiro atoms. The molecule has 2 amide bonds. The largest absolute Gasteiger partial charge is 1.00 e. The summed E-state index contributed by atoms with van der Waals surface area (Å²) in [7, 11) is -0.0910. The quantitative estimate of drug-likeness (QED) is 0.199. The van der Waals surface area contributed by atoms with Crippen LogP contribution in [-0.2, 0) is 43.0 Å². The number of halogens is 1. The van der Waals surface area contributed by atoms with Crippen LogP contribution in [0, 0.1) is 0 Å². The molecular formula is C27H32BrN3O6S. The highest BCUT2D eigenvalue weighted by atomic mass is 79.9. The Bertz CT molecular complexity index is 1230. The van der Waals surface area contributed by atoms with Gasteiger partial charge in [0, 0.05) is 29.9 Å². The molecular weight excluding hydrogens is 574 g/mol. The summed E-state index contributed by atoms with van der Waals surface area (Å²) in [5, 5.41) is 15.6. The number of aromatic amines is 1. The topological polar surface area (TPSA) is 138 Å². The first-order valence-electron chi connectivity index (χ1n) is 11.8. The second kappa shape index (κ2) is 15.2. The fourth-order valence-electron chi connectivity index (χ4n) is 3.87. The maximum absolute atomic E-state index is 13.2. The third-order valence-corrected chi connectivity index (χ3v) is 6.60. The summed E-state index contributed by atoms with van der Waals surface area (Å²) in [5.74, 6) is -1.59. The van der Waals surface area contributed by atoms with Crippen molar-refractivity contribution in [3.63, 3.8) is 0 Å². The third-order valence-electron chi connectivity index (χ3n) is 5.70. The minimum atomic E-state index is -1.26. The summed E-state index contributed by atoms with van der Waals surface area (Å²) in [5.41, 5.74) is 2.43. The molecule has 0 bridgehead atoms. The lowest BCUT2D eigenvalue weighted by Crippen LogP contribution is -3.00. The molecule has 0 saturated heterocycles. The normalized spacial score (nSPS) is 12.3. The number of hydrogen-bond acceptors (Lipinski definition) is 5. The zero-order valence-corrected chi connectivity index (χ0v) is 23.6. The number of aromatic nitrogens is 1. The molecule has 2 aromatic carbocycles. The highest BCUT2D eigenvalue weighted by Crippen LogP contribution is 2.19. The lowest BCUT2D eigenvalue weighted by Gasteiger charge is -2.21. The molecule has 3 aromatic rings. The zero-order chi connectivity index (χ0) is 26.8. The standard InChI is InChI=1S/C27H31N3O6S.BrH/c1-37(2)17-20(31)12-13-23(26(33)34)29-25(32)24(14-19-15-28-22-11-7-6-10-21(19)22)30-27(35)36-16-18-8-4-3-5-9-18;/h3-11,15,23-24,28H,12-14,16-17H2,1-2H3,(H2-,29,30,32,33,34,35);1H/t23-,24-;/m0./s1. The van der Waals surface area contributed by atoms with Gasteiger partial charge in [-0.15, -0.1) is 0 Å². The van der Waals surface area contributed by atoms with Crippen molar-refractivity contribution in [2.75, 3.05) is 18.3 Å². The number of rotatable bonds is 13. The van der Waals surface area contributed by atoms with Crippen LogP contribution < -0.4 is 27.6 Å². The number of hydrogen-bond donors (Lipinski definition) is 4. The number of Topliss-reactive ketones (excluding diaryl/α,β-unsaturated/α-hetero) is 1. The third kappa shape index (κ3) is 9.53. The van der Waals surface area contributed by atoms with Gasteiger partial charge in [-0.05, 0) is 34.5 Å². The molecule has 0 aliphatic rings. The zero-order valence-electron chi connectivity index (χ0n) is 21.2. The number of benzene rings is 2. The van der Waals surface area contributed by atoms with E-state index in [4.69, 9.17) is 4.74 Å². The molecule has 9 nitrogen and oxygen atoms in total. The van der Waals surface area contributed by atoms with Crippen molar-refractivity contribution in [1.82, 2.24) is 15.6 Å². The molecule has 0 unspecified atom stereocenters. The molecule has 0 aliphatic heterocycles. The first-order valence-corrected chi connectivity index (χ1v) is 14.0. The fourth-order valence-corrected chi connectivity index (χ4v) is 4.65. The Morgan fingerprint density at radius 1 is 0.974 bits per heavy atom. The molecule has 204 valence electrons. The van der Waals surface area contributed by atoms with E-state index in [2.05, 4.69) is 15.6 Å². The van der Waals surface area contributed by atoms with Crippen molar-refractivity contribution >= 4 is 45.6 Å². The Morgan fingerprint density at radius 3 is 2.34 bits per heavy atom. The summed E-state index contributed by atoms with van der Waals surface area (Å²) in [6.45, 7) is 0.0183. The van der Waals surface area contributed by atoms with E-state index in [-0.39, 0.29) is 59.5 Å². The smallest absolute Gasteiger partial charge is 0.408 e. The number of ether oxygens (including phenoxy) is 1. The van der Waals surface area contributed by atoms with E-state index in [1.807, 2.05) is 67.1 Å².